The normalized spacial score (nSPS) is 11.1. The van der Waals surface area contributed by atoms with Gasteiger partial charge in [-0.1, -0.05) is 40.5 Å². The van der Waals surface area contributed by atoms with E-state index in [1.54, 1.807) is 30.3 Å². The Hall–Kier alpha value is -2.83. The van der Waals surface area contributed by atoms with Gasteiger partial charge in [0.1, 0.15) is 0 Å². The monoisotopic (exact) mass is 374 g/mol. The number of hydrogen-bond acceptors (Lipinski definition) is 5. The van der Waals surface area contributed by atoms with Crippen molar-refractivity contribution in [1.29, 1.82) is 0 Å². The van der Waals surface area contributed by atoms with Crippen molar-refractivity contribution in [3.05, 3.63) is 58.1 Å². The van der Waals surface area contributed by atoms with Crippen molar-refractivity contribution < 1.29 is 18.8 Å². The van der Waals surface area contributed by atoms with Crippen LogP contribution in [-0.2, 0) is 0 Å². The van der Waals surface area contributed by atoms with Crippen LogP contribution in [0.1, 0.15) is 10.4 Å². The molecule has 2 heterocycles. The predicted molar refractivity (Wildman–Crippen MR) is 91.9 cm³/mol. The van der Waals surface area contributed by atoms with E-state index in [1.165, 1.54) is 12.1 Å². The number of nitrogens with zero attached hydrogens (tertiary/aromatic N) is 2. The number of halogens is 2. The average molecular weight is 375 g/mol. The highest BCUT2D eigenvalue weighted by molar-refractivity contribution is 6.39. The Morgan fingerprint density at radius 3 is 2.44 bits per heavy atom. The molecule has 25 heavy (non-hydrogen) atoms. The van der Waals surface area contributed by atoms with Gasteiger partial charge in [-0.05, 0) is 30.3 Å². The van der Waals surface area contributed by atoms with Crippen LogP contribution in [-0.4, -0.2) is 21.2 Å². The van der Waals surface area contributed by atoms with Crippen LogP contribution in [0.4, 0.5) is 0 Å². The summed E-state index contributed by atoms with van der Waals surface area (Å²) in [6.45, 7) is 0. The van der Waals surface area contributed by atoms with Crippen molar-refractivity contribution in [2.45, 2.75) is 0 Å². The van der Waals surface area contributed by atoms with Gasteiger partial charge < -0.3 is 14.0 Å². The van der Waals surface area contributed by atoms with Crippen LogP contribution in [0.5, 0.6) is 0 Å². The highest BCUT2D eigenvalue weighted by atomic mass is 35.5. The second-order valence-electron chi connectivity index (χ2n) is 5.19. The van der Waals surface area contributed by atoms with Gasteiger partial charge in [0.2, 0.25) is 5.82 Å². The smallest absolute Gasteiger partial charge is 0.335 e. The average Bonchev–Trinajstić information content (AvgIpc) is 3.26. The van der Waals surface area contributed by atoms with Crippen molar-refractivity contribution in [2.75, 3.05) is 0 Å². The minimum Gasteiger partial charge on any atom is -0.478 e. The van der Waals surface area contributed by atoms with Gasteiger partial charge in [0, 0.05) is 10.9 Å². The Morgan fingerprint density at radius 1 is 1.04 bits per heavy atom. The van der Waals surface area contributed by atoms with Gasteiger partial charge in [-0.25, -0.2) is 4.79 Å². The van der Waals surface area contributed by atoms with Gasteiger partial charge in [0.25, 0.3) is 5.89 Å². The fraction of sp³-hybridized carbons (Fsp3) is 0. The number of furan rings is 1. The summed E-state index contributed by atoms with van der Waals surface area (Å²) in [5, 5.41) is 14.4. The SMILES string of the molecule is O=C(O)c1ccc(-c2noc(-c3cc4c(Cl)ccc(Cl)c4o3)n2)cc1. The zero-order chi connectivity index (χ0) is 17.6. The van der Waals surface area contributed by atoms with E-state index in [4.69, 9.17) is 37.2 Å². The van der Waals surface area contributed by atoms with Crippen molar-refractivity contribution in [2.24, 2.45) is 0 Å². The molecule has 0 saturated carbocycles. The third kappa shape index (κ3) is 2.75. The fourth-order valence-corrected chi connectivity index (χ4v) is 2.77. The lowest BCUT2D eigenvalue weighted by atomic mass is 10.1. The topological polar surface area (TPSA) is 89.4 Å². The number of rotatable bonds is 3. The fourth-order valence-electron chi connectivity index (χ4n) is 2.37. The molecule has 0 radical (unpaired) electrons. The minimum absolute atomic E-state index is 0.167. The van der Waals surface area contributed by atoms with Crippen LogP contribution in [0.15, 0.2) is 51.4 Å². The summed E-state index contributed by atoms with van der Waals surface area (Å²) in [6, 6.07) is 11.1. The summed E-state index contributed by atoms with van der Waals surface area (Å²) >= 11 is 12.2. The Labute approximate surface area is 150 Å². The Balaban J connectivity index is 1.73. The maximum Gasteiger partial charge on any atom is 0.335 e. The third-order valence-corrected chi connectivity index (χ3v) is 4.24. The molecule has 0 bridgehead atoms. The summed E-state index contributed by atoms with van der Waals surface area (Å²) in [4.78, 5) is 15.2. The molecule has 0 amide bonds. The zero-order valence-electron chi connectivity index (χ0n) is 12.4. The standard InChI is InChI=1S/C17H8Cl2N2O4/c18-11-5-6-12(19)14-10(11)7-13(24-14)16-20-15(21-25-16)8-1-3-9(4-2-8)17(22)23/h1-7H,(H,22,23). The van der Waals surface area contributed by atoms with Gasteiger partial charge >= 0.3 is 5.97 Å². The van der Waals surface area contributed by atoms with Gasteiger partial charge in [0.05, 0.1) is 15.6 Å². The first kappa shape index (κ1) is 15.7. The van der Waals surface area contributed by atoms with Gasteiger partial charge in [0.15, 0.2) is 11.3 Å². The summed E-state index contributed by atoms with van der Waals surface area (Å²) in [5.74, 6) is -0.187. The molecular formula is C17H8Cl2N2O4. The molecule has 0 aliphatic carbocycles. The molecule has 0 aliphatic rings. The number of benzene rings is 2. The van der Waals surface area contributed by atoms with Crippen LogP contribution in [0.3, 0.4) is 0 Å². The van der Waals surface area contributed by atoms with E-state index < -0.39 is 5.97 Å². The maximum atomic E-state index is 10.9. The first-order chi connectivity index (χ1) is 12.0. The molecule has 0 saturated heterocycles. The first-order valence-electron chi connectivity index (χ1n) is 7.08. The zero-order valence-corrected chi connectivity index (χ0v) is 13.9. The Bertz CT molecular complexity index is 1060. The van der Waals surface area contributed by atoms with E-state index in [0.29, 0.717) is 38.2 Å². The molecule has 2 aromatic carbocycles. The van der Waals surface area contributed by atoms with Crippen LogP contribution >= 0.6 is 23.2 Å². The molecular weight excluding hydrogens is 367 g/mol. The largest absolute Gasteiger partial charge is 0.478 e. The van der Waals surface area contributed by atoms with Crippen LogP contribution in [0.25, 0.3) is 34.0 Å². The third-order valence-electron chi connectivity index (χ3n) is 3.61. The Morgan fingerprint density at radius 2 is 1.76 bits per heavy atom. The molecule has 124 valence electrons. The lowest BCUT2D eigenvalue weighted by molar-refractivity contribution is 0.0697. The Kier molecular flexibility index (Phi) is 3.71. The predicted octanol–water partition coefficient (Wildman–Crippen LogP) is 5.15. The number of aromatic nitrogens is 2. The van der Waals surface area contributed by atoms with Crippen LogP contribution < -0.4 is 0 Å². The van der Waals surface area contributed by atoms with Crippen molar-refractivity contribution >= 4 is 40.1 Å². The lowest BCUT2D eigenvalue weighted by Gasteiger charge is -1.95. The minimum atomic E-state index is -1.00. The highest BCUT2D eigenvalue weighted by Crippen LogP contribution is 2.36. The lowest BCUT2D eigenvalue weighted by Crippen LogP contribution is -1.95. The molecule has 6 nitrogen and oxygen atoms in total. The quantitative estimate of drug-likeness (QED) is 0.532. The van der Waals surface area contributed by atoms with E-state index in [0.717, 1.165) is 0 Å². The number of carboxylic acid groups (broad SMARTS) is 1. The number of aromatic carboxylic acids is 1. The molecule has 4 rings (SSSR count). The molecule has 0 atom stereocenters. The van der Waals surface area contributed by atoms with Crippen molar-refractivity contribution in [3.63, 3.8) is 0 Å². The molecule has 0 aliphatic heterocycles. The molecule has 0 unspecified atom stereocenters. The van der Waals surface area contributed by atoms with E-state index in [-0.39, 0.29) is 11.5 Å². The summed E-state index contributed by atoms with van der Waals surface area (Å²) < 4.78 is 10.9. The number of carboxylic acids is 1. The van der Waals surface area contributed by atoms with E-state index >= 15 is 0 Å². The number of fused-ring (bicyclic) bond motifs is 1. The second kappa shape index (κ2) is 5.91. The van der Waals surface area contributed by atoms with E-state index in [1.807, 2.05) is 0 Å². The van der Waals surface area contributed by atoms with Gasteiger partial charge in [-0.15, -0.1) is 0 Å². The van der Waals surface area contributed by atoms with E-state index in [9.17, 15) is 4.79 Å². The molecule has 0 spiro atoms. The maximum absolute atomic E-state index is 10.9. The molecule has 1 N–H and O–H groups in total. The summed E-state index contributed by atoms with van der Waals surface area (Å²) in [6.07, 6.45) is 0. The van der Waals surface area contributed by atoms with E-state index in [2.05, 4.69) is 10.1 Å². The number of hydrogen-bond donors (Lipinski definition) is 1. The molecule has 8 heteroatoms. The molecule has 2 aromatic heterocycles. The summed E-state index contributed by atoms with van der Waals surface area (Å²) in [5.41, 5.74) is 1.23. The van der Waals surface area contributed by atoms with Gasteiger partial charge in [-0.2, -0.15) is 4.98 Å². The van der Waals surface area contributed by atoms with Crippen molar-refractivity contribution in [3.8, 4) is 23.0 Å². The van der Waals surface area contributed by atoms with Crippen LogP contribution in [0, 0.1) is 0 Å². The van der Waals surface area contributed by atoms with Gasteiger partial charge in [-0.3, -0.25) is 0 Å². The number of carbonyl (C=O) groups is 1. The summed E-state index contributed by atoms with van der Waals surface area (Å²) in [7, 11) is 0. The van der Waals surface area contributed by atoms with Crippen LogP contribution in [0.2, 0.25) is 10.0 Å². The van der Waals surface area contributed by atoms with Crippen molar-refractivity contribution in [1.82, 2.24) is 10.1 Å². The second-order valence-corrected chi connectivity index (χ2v) is 6.00. The highest BCUT2D eigenvalue weighted by Gasteiger charge is 2.18. The molecule has 4 aromatic rings. The molecule has 0 fully saturated rings. The first-order valence-corrected chi connectivity index (χ1v) is 7.84.